The quantitative estimate of drug-likeness (QED) is 0.714. The van der Waals surface area contributed by atoms with Gasteiger partial charge in [0.25, 0.3) is 0 Å². The van der Waals surface area contributed by atoms with Crippen molar-refractivity contribution in [1.82, 2.24) is 5.32 Å². The smallest absolute Gasteiger partial charge is 0.331 e. The summed E-state index contributed by atoms with van der Waals surface area (Å²) in [6, 6.07) is 16.8. The SMILES string of the molecule is C=C(CCNC(=O)Nc1ccccc1-c1ccccc1)C(=O)O. The van der Waals surface area contributed by atoms with E-state index < -0.39 is 5.97 Å². The molecule has 0 aromatic heterocycles. The zero-order chi connectivity index (χ0) is 16.7. The van der Waals surface area contributed by atoms with Crippen molar-refractivity contribution in [2.45, 2.75) is 6.42 Å². The summed E-state index contributed by atoms with van der Waals surface area (Å²) in [4.78, 5) is 22.6. The van der Waals surface area contributed by atoms with Gasteiger partial charge in [-0.15, -0.1) is 0 Å². The molecule has 0 aliphatic heterocycles. The number of carbonyl (C=O) groups is 2. The minimum atomic E-state index is -1.05. The number of urea groups is 1. The van der Waals surface area contributed by atoms with Crippen molar-refractivity contribution < 1.29 is 14.7 Å². The van der Waals surface area contributed by atoms with Crippen LogP contribution in [-0.4, -0.2) is 23.7 Å². The molecular weight excluding hydrogens is 292 g/mol. The van der Waals surface area contributed by atoms with Crippen LogP contribution in [0.3, 0.4) is 0 Å². The van der Waals surface area contributed by atoms with Crippen LogP contribution < -0.4 is 10.6 Å². The van der Waals surface area contributed by atoms with E-state index in [-0.39, 0.29) is 24.6 Å². The highest BCUT2D eigenvalue weighted by Crippen LogP contribution is 2.27. The third-order valence-electron chi connectivity index (χ3n) is 3.27. The molecule has 0 unspecified atom stereocenters. The van der Waals surface area contributed by atoms with E-state index in [2.05, 4.69) is 17.2 Å². The van der Waals surface area contributed by atoms with Crippen molar-refractivity contribution in [3.63, 3.8) is 0 Å². The Labute approximate surface area is 134 Å². The summed E-state index contributed by atoms with van der Waals surface area (Å²) >= 11 is 0. The maximum absolute atomic E-state index is 11.9. The number of hydrogen-bond acceptors (Lipinski definition) is 2. The number of aliphatic carboxylic acids is 1. The third kappa shape index (κ3) is 4.71. The largest absolute Gasteiger partial charge is 0.478 e. The number of anilines is 1. The lowest BCUT2D eigenvalue weighted by atomic mass is 10.0. The predicted octanol–water partition coefficient (Wildman–Crippen LogP) is 3.51. The number of carboxylic acids is 1. The van der Waals surface area contributed by atoms with E-state index in [1.165, 1.54) is 0 Å². The number of benzene rings is 2. The molecule has 0 atom stereocenters. The Morgan fingerprint density at radius 3 is 2.35 bits per heavy atom. The highest BCUT2D eigenvalue weighted by atomic mass is 16.4. The fourth-order valence-corrected chi connectivity index (χ4v) is 2.06. The lowest BCUT2D eigenvalue weighted by molar-refractivity contribution is -0.132. The van der Waals surface area contributed by atoms with E-state index >= 15 is 0 Å². The van der Waals surface area contributed by atoms with Gasteiger partial charge in [0, 0.05) is 17.7 Å². The lowest BCUT2D eigenvalue weighted by Gasteiger charge is -2.12. The zero-order valence-electron chi connectivity index (χ0n) is 12.6. The zero-order valence-corrected chi connectivity index (χ0v) is 12.6. The van der Waals surface area contributed by atoms with E-state index in [1.54, 1.807) is 0 Å². The molecular formula is C18H18N2O3. The molecule has 0 aliphatic carbocycles. The molecule has 5 nitrogen and oxygen atoms in total. The van der Waals surface area contributed by atoms with Gasteiger partial charge in [-0.25, -0.2) is 9.59 Å². The van der Waals surface area contributed by atoms with Crippen molar-refractivity contribution in [3.05, 3.63) is 66.7 Å². The number of carboxylic acid groups (broad SMARTS) is 1. The highest BCUT2D eigenvalue weighted by Gasteiger charge is 2.08. The topological polar surface area (TPSA) is 78.4 Å². The van der Waals surface area contributed by atoms with Crippen LogP contribution in [0, 0.1) is 0 Å². The molecule has 5 heteroatoms. The molecule has 3 N–H and O–H groups in total. The molecule has 118 valence electrons. The molecule has 0 saturated heterocycles. The van der Waals surface area contributed by atoms with Gasteiger partial charge in [-0.2, -0.15) is 0 Å². The van der Waals surface area contributed by atoms with Gasteiger partial charge in [0.15, 0.2) is 0 Å². The summed E-state index contributed by atoms with van der Waals surface area (Å²) in [6.07, 6.45) is 0.198. The number of carbonyl (C=O) groups excluding carboxylic acids is 1. The Hall–Kier alpha value is -3.08. The number of hydrogen-bond donors (Lipinski definition) is 3. The van der Waals surface area contributed by atoms with E-state index in [1.807, 2.05) is 54.6 Å². The van der Waals surface area contributed by atoms with Crippen molar-refractivity contribution >= 4 is 17.7 Å². The van der Waals surface area contributed by atoms with Crippen LogP contribution in [0.15, 0.2) is 66.7 Å². The summed E-state index contributed by atoms with van der Waals surface area (Å²) in [5.41, 5.74) is 2.67. The standard InChI is InChI=1S/C18H18N2O3/c1-13(17(21)22)11-12-19-18(23)20-16-10-6-5-9-15(16)14-7-3-2-4-8-14/h2-10H,1,11-12H2,(H,21,22)(H2,19,20,23). The van der Waals surface area contributed by atoms with Gasteiger partial charge in [0.2, 0.25) is 0 Å². The van der Waals surface area contributed by atoms with Gasteiger partial charge in [0.05, 0.1) is 5.69 Å². The summed E-state index contributed by atoms with van der Waals surface area (Å²) < 4.78 is 0. The maximum atomic E-state index is 11.9. The van der Waals surface area contributed by atoms with Gasteiger partial charge in [-0.3, -0.25) is 0 Å². The Kier molecular flexibility index (Phi) is 5.52. The molecule has 0 bridgehead atoms. The van der Waals surface area contributed by atoms with Crippen LogP contribution in [0.4, 0.5) is 10.5 Å². The highest BCUT2D eigenvalue weighted by molar-refractivity contribution is 5.94. The predicted molar refractivity (Wildman–Crippen MR) is 90.3 cm³/mol. The first-order chi connectivity index (χ1) is 11.1. The number of nitrogens with one attached hydrogen (secondary N) is 2. The molecule has 0 aliphatic rings. The molecule has 2 rings (SSSR count). The van der Waals surface area contributed by atoms with Gasteiger partial charge >= 0.3 is 12.0 Å². The summed E-state index contributed by atoms with van der Waals surface area (Å²) in [5, 5.41) is 14.1. The second kappa shape index (κ2) is 7.79. The molecule has 2 aromatic carbocycles. The van der Waals surface area contributed by atoms with Crippen LogP contribution in [-0.2, 0) is 4.79 Å². The third-order valence-corrected chi connectivity index (χ3v) is 3.27. The van der Waals surface area contributed by atoms with E-state index in [0.717, 1.165) is 11.1 Å². The lowest BCUT2D eigenvalue weighted by Crippen LogP contribution is -2.30. The molecule has 23 heavy (non-hydrogen) atoms. The summed E-state index contributed by atoms with van der Waals surface area (Å²) in [7, 11) is 0. The van der Waals surface area contributed by atoms with Crippen LogP contribution in [0.2, 0.25) is 0 Å². The van der Waals surface area contributed by atoms with Crippen LogP contribution in [0.1, 0.15) is 6.42 Å². The average Bonchev–Trinajstić information content (AvgIpc) is 2.56. The monoisotopic (exact) mass is 310 g/mol. The first kappa shape index (κ1) is 16.3. The molecule has 0 spiro atoms. The van der Waals surface area contributed by atoms with E-state index in [9.17, 15) is 9.59 Å². The fraction of sp³-hybridized carbons (Fsp3) is 0.111. The molecule has 0 heterocycles. The Balaban J connectivity index is 1.99. The summed E-state index contributed by atoms with van der Waals surface area (Å²) in [6.45, 7) is 3.63. The first-order valence-electron chi connectivity index (χ1n) is 7.18. The van der Waals surface area contributed by atoms with E-state index in [0.29, 0.717) is 5.69 Å². The van der Waals surface area contributed by atoms with Crippen LogP contribution >= 0.6 is 0 Å². The van der Waals surface area contributed by atoms with Gasteiger partial charge in [0.1, 0.15) is 0 Å². The maximum Gasteiger partial charge on any atom is 0.331 e. The van der Waals surface area contributed by atoms with Crippen molar-refractivity contribution in [2.75, 3.05) is 11.9 Å². The van der Waals surface area contributed by atoms with Crippen LogP contribution in [0.25, 0.3) is 11.1 Å². The minimum Gasteiger partial charge on any atom is -0.478 e. The van der Waals surface area contributed by atoms with Gasteiger partial charge < -0.3 is 15.7 Å². The fourth-order valence-electron chi connectivity index (χ4n) is 2.06. The Bertz CT molecular complexity index is 711. The molecule has 0 radical (unpaired) electrons. The van der Waals surface area contributed by atoms with Crippen molar-refractivity contribution in [3.8, 4) is 11.1 Å². The number of rotatable bonds is 6. The minimum absolute atomic E-state index is 0.0648. The number of amides is 2. The normalized spacial score (nSPS) is 9.91. The second-order valence-electron chi connectivity index (χ2n) is 4.95. The van der Waals surface area contributed by atoms with E-state index in [4.69, 9.17) is 5.11 Å². The van der Waals surface area contributed by atoms with Crippen molar-refractivity contribution in [2.24, 2.45) is 0 Å². The average molecular weight is 310 g/mol. The Morgan fingerprint density at radius 2 is 1.65 bits per heavy atom. The van der Waals surface area contributed by atoms with Gasteiger partial charge in [-0.05, 0) is 18.1 Å². The van der Waals surface area contributed by atoms with Crippen LogP contribution in [0.5, 0.6) is 0 Å². The molecule has 0 fully saturated rings. The second-order valence-corrected chi connectivity index (χ2v) is 4.95. The van der Waals surface area contributed by atoms with Crippen molar-refractivity contribution in [1.29, 1.82) is 0 Å². The molecule has 0 saturated carbocycles. The first-order valence-corrected chi connectivity index (χ1v) is 7.18. The molecule has 2 aromatic rings. The number of para-hydroxylation sites is 1. The molecule has 2 amide bonds. The Morgan fingerprint density at radius 1 is 1.00 bits per heavy atom. The van der Waals surface area contributed by atoms with Gasteiger partial charge in [-0.1, -0.05) is 55.1 Å². The summed E-state index contributed by atoms with van der Waals surface area (Å²) in [5.74, 6) is -1.05.